The van der Waals surface area contributed by atoms with Crippen LogP contribution in [0.15, 0.2) is 0 Å². The molecule has 0 saturated heterocycles. The summed E-state index contributed by atoms with van der Waals surface area (Å²) in [6.07, 6.45) is 2.39. The minimum Gasteiger partial charge on any atom is -0.324 e. The molecule has 1 saturated carbocycles. The maximum Gasteiger partial charge on any atom is 0.325 e. The van der Waals surface area contributed by atoms with Gasteiger partial charge in [0.25, 0.3) is 0 Å². The van der Waals surface area contributed by atoms with Gasteiger partial charge in [-0.3, -0.25) is 9.13 Å². The first-order valence-corrected chi connectivity index (χ1v) is 8.84. The summed E-state index contributed by atoms with van der Waals surface area (Å²) in [6.45, 7) is 0. The average molecular weight is 272 g/mol. The number of hydrogen-bond donors (Lipinski definition) is 4. The molecule has 4 N–H and O–H groups in total. The first-order valence-electron chi connectivity index (χ1n) is 5.25. The van der Waals surface area contributed by atoms with Crippen LogP contribution < -0.4 is 0 Å². The van der Waals surface area contributed by atoms with Gasteiger partial charge in [-0.25, -0.2) is 0 Å². The van der Waals surface area contributed by atoms with Crippen LogP contribution in [-0.2, 0) is 9.13 Å². The molecular weight excluding hydrogens is 254 g/mol. The highest BCUT2D eigenvalue weighted by Gasteiger charge is 2.29. The van der Waals surface area contributed by atoms with Crippen LogP contribution in [0.25, 0.3) is 0 Å². The molecule has 1 aliphatic carbocycles. The lowest BCUT2D eigenvalue weighted by molar-refractivity contribution is 0.278. The average Bonchev–Trinajstić information content (AvgIpc) is 2.03. The molecule has 0 aliphatic heterocycles. The molecule has 1 aliphatic rings. The van der Waals surface area contributed by atoms with Gasteiger partial charge in [-0.15, -0.1) is 0 Å². The Labute approximate surface area is 94.4 Å². The molecule has 6 nitrogen and oxygen atoms in total. The van der Waals surface area contributed by atoms with Crippen molar-refractivity contribution in [2.75, 3.05) is 12.3 Å². The second-order valence-electron chi connectivity index (χ2n) is 4.58. The molecule has 16 heavy (non-hydrogen) atoms. The fraction of sp³-hybridized carbons (Fsp3) is 1.00. The topological polar surface area (TPSA) is 115 Å². The lowest BCUT2D eigenvalue weighted by Crippen LogP contribution is -2.19. The standard InChI is InChI=1S/C8H18O6P2/c9-15(10,11)5-7-1-2-8(4-3-7)6-16(12,13)14/h7-8H,1-6H2,(H2,9,10,11)(H2,12,13,14). The van der Waals surface area contributed by atoms with Crippen molar-refractivity contribution in [2.45, 2.75) is 25.7 Å². The monoisotopic (exact) mass is 272 g/mol. The van der Waals surface area contributed by atoms with E-state index >= 15 is 0 Å². The zero-order chi connectivity index (χ0) is 12.4. The zero-order valence-corrected chi connectivity index (χ0v) is 10.7. The van der Waals surface area contributed by atoms with Gasteiger partial charge in [-0.05, 0) is 37.5 Å². The van der Waals surface area contributed by atoms with Crippen molar-refractivity contribution in [3.8, 4) is 0 Å². The van der Waals surface area contributed by atoms with E-state index in [1.165, 1.54) is 0 Å². The predicted octanol–water partition coefficient (Wildman–Crippen LogP) is 1.15. The second kappa shape index (κ2) is 5.30. The smallest absolute Gasteiger partial charge is 0.324 e. The van der Waals surface area contributed by atoms with E-state index in [0.29, 0.717) is 25.7 Å². The molecule has 0 radical (unpaired) electrons. The van der Waals surface area contributed by atoms with Gasteiger partial charge < -0.3 is 19.6 Å². The summed E-state index contributed by atoms with van der Waals surface area (Å²) >= 11 is 0. The zero-order valence-electron chi connectivity index (χ0n) is 8.90. The first-order chi connectivity index (χ1) is 7.16. The van der Waals surface area contributed by atoms with Crippen LogP contribution in [0.4, 0.5) is 0 Å². The largest absolute Gasteiger partial charge is 0.325 e. The summed E-state index contributed by atoms with van der Waals surface area (Å²) < 4.78 is 21.6. The Hall–Kier alpha value is 0.300. The number of hydrogen-bond acceptors (Lipinski definition) is 2. The summed E-state index contributed by atoms with van der Waals surface area (Å²) in [5, 5.41) is 0. The van der Waals surface area contributed by atoms with Crippen molar-refractivity contribution in [2.24, 2.45) is 11.8 Å². The predicted molar refractivity (Wildman–Crippen MR) is 59.3 cm³/mol. The Morgan fingerprint density at radius 1 is 0.750 bits per heavy atom. The Balaban J connectivity index is 2.34. The van der Waals surface area contributed by atoms with E-state index in [2.05, 4.69) is 0 Å². The van der Waals surface area contributed by atoms with Gasteiger partial charge in [0.1, 0.15) is 0 Å². The van der Waals surface area contributed by atoms with Crippen molar-refractivity contribution in [3.05, 3.63) is 0 Å². The highest BCUT2D eigenvalue weighted by molar-refractivity contribution is 7.52. The second-order valence-corrected chi connectivity index (χ2v) is 7.97. The summed E-state index contributed by atoms with van der Waals surface area (Å²) in [5.74, 6) is -0.0114. The van der Waals surface area contributed by atoms with Crippen LogP contribution in [0, 0.1) is 11.8 Å². The van der Waals surface area contributed by atoms with E-state index in [1.807, 2.05) is 0 Å². The van der Waals surface area contributed by atoms with Gasteiger partial charge in [0, 0.05) is 0 Å². The van der Waals surface area contributed by atoms with Gasteiger partial charge in [0.15, 0.2) is 0 Å². The summed E-state index contributed by atoms with van der Waals surface area (Å²) in [7, 11) is -7.90. The third kappa shape index (κ3) is 6.14. The summed E-state index contributed by atoms with van der Waals surface area (Å²) in [5.41, 5.74) is 0. The van der Waals surface area contributed by atoms with Crippen LogP contribution in [-0.4, -0.2) is 31.9 Å². The van der Waals surface area contributed by atoms with E-state index in [-0.39, 0.29) is 24.2 Å². The van der Waals surface area contributed by atoms with Gasteiger partial charge >= 0.3 is 15.2 Å². The van der Waals surface area contributed by atoms with E-state index in [4.69, 9.17) is 19.6 Å². The Kier molecular flexibility index (Phi) is 4.76. The molecular formula is C8H18O6P2. The molecule has 0 amide bonds. The lowest BCUT2D eigenvalue weighted by atomic mass is 9.84. The van der Waals surface area contributed by atoms with E-state index in [9.17, 15) is 9.13 Å². The Morgan fingerprint density at radius 2 is 1.00 bits per heavy atom. The normalized spacial score (nSPS) is 28.0. The number of rotatable bonds is 4. The van der Waals surface area contributed by atoms with E-state index < -0.39 is 15.2 Å². The fourth-order valence-electron chi connectivity index (χ4n) is 2.27. The quantitative estimate of drug-likeness (QED) is 0.570. The third-order valence-electron chi connectivity index (χ3n) is 2.96. The van der Waals surface area contributed by atoms with Crippen LogP contribution in [0.5, 0.6) is 0 Å². The lowest BCUT2D eigenvalue weighted by Gasteiger charge is -2.28. The van der Waals surface area contributed by atoms with Crippen LogP contribution in [0.1, 0.15) is 25.7 Å². The molecule has 0 aromatic heterocycles. The van der Waals surface area contributed by atoms with E-state index in [0.717, 1.165) is 0 Å². The fourth-order valence-corrected chi connectivity index (χ4v) is 4.35. The summed E-state index contributed by atoms with van der Waals surface area (Å²) in [4.78, 5) is 35.2. The molecule has 0 aromatic carbocycles. The minimum absolute atomic E-state index is 0.00569. The van der Waals surface area contributed by atoms with Gasteiger partial charge in [-0.2, -0.15) is 0 Å². The van der Waals surface area contributed by atoms with Gasteiger partial charge in [0.2, 0.25) is 0 Å². The van der Waals surface area contributed by atoms with Gasteiger partial charge in [-0.1, -0.05) is 0 Å². The first kappa shape index (κ1) is 14.4. The van der Waals surface area contributed by atoms with Crippen molar-refractivity contribution in [1.82, 2.24) is 0 Å². The Bertz CT molecular complexity index is 278. The molecule has 0 unspecified atom stereocenters. The molecule has 0 aromatic rings. The van der Waals surface area contributed by atoms with Crippen LogP contribution in [0.2, 0.25) is 0 Å². The Morgan fingerprint density at radius 3 is 1.19 bits per heavy atom. The van der Waals surface area contributed by atoms with Crippen molar-refractivity contribution in [1.29, 1.82) is 0 Å². The molecule has 0 heterocycles. The van der Waals surface area contributed by atoms with Gasteiger partial charge in [0.05, 0.1) is 12.3 Å². The maximum absolute atomic E-state index is 10.8. The molecule has 8 heteroatoms. The van der Waals surface area contributed by atoms with Crippen molar-refractivity contribution in [3.63, 3.8) is 0 Å². The summed E-state index contributed by atoms with van der Waals surface area (Å²) in [6, 6.07) is 0. The molecule has 1 fully saturated rings. The molecule has 0 spiro atoms. The van der Waals surface area contributed by atoms with Crippen LogP contribution in [0.3, 0.4) is 0 Å². The minimum atomic E-state index is -3.95. The molecule has 0 bridgehead atoms. The van der Waals surface area contributed by atoms with Crippen molar-refractivity contribution >= 4 is 15.2 Å². The van der Waals surface area contributed by atoms with Crippen LogP contribution >= 0.6 is 15.2 Å². The molecule has 0 atom stereocenters. The highest BCUT2D eigenvalue weighted by Crippen LogP contribution is 2.45. The highest BCUT2D eigenvalue weighted by atomic mass is 31.2. The van der Waals surface area contributed by atoms with Crippen molar-refractivity contribution < 1.29 is 28.7 Å². The maximum atomic E-state index is 10.8. The SMILES string of the molecule is O=P(O)(O)CC1CCC(CP(=O)(O)O)CC1. The molecule has 1 rings (SSSR count). The third-order valence-corrected chi connectivity index (χ3v) is 4.94. The van der Waals surface area contributed by atoms with E-state index in [1.54, 1.807) is 0 Å². The molecule has 96 valence electrons.